The van der Waals surface area contributed by atoms with E-state index in [0.29, 0.717) is 54.6 Å². The molecule has 5 rings (SSSR count). The summed E-state index contributed by atoms with van der Waals surface area (Å²) in [5.74, 6) is -0.970. The number of hydrogen-bond donors (Lipinski definition) is 2. The second-order valence-corrected chi connectivity index (χ2v) is 13.3. The minimum absolute atomic E-state index is 0.0154. The number of piperidine rings is 1. The third-order valence-corrected chi connectivity index (χ3v) is 10.5. The van der Waals surface area contributed by atoms with Crippen LogP contribution in [-0.2, 0) is 25.2 Å². The van der Waals surface area contributed by atoms with E-state index in [1.165, 1.54) is 14.0 Å². The molecule has 2 fully saturated rings. The van der Waals surface area contributed by atoms with Crippen molar-refractivity contribution >= 4 is 41.0 Å². The Bertz CT molecular complexity index is 1530. The van der Waals surface area contributed by atoms with E-state index in [1.54, 1.807) is 0 Å². The maximum Gasteiger partial charge on any atom is 0.331 e. The van der Waals surface area contributed by atoms with Crippen LogP contribution in [0.4, 0.5) is 0 Å². The Balaban J connectivity index is 1.34. The van der Waals surface area contributed by atoms with Gasteiger partial charge in [-0.1, -0.05) is 77.8 Å². The molecular formula is C36H41Cl2N3O5. The number of ether oxygens (including phenoxy) is 1. The molecule has 8 nitrogen and oxygen atoms in total. The topological polar surface area (TPSA) is 99.2 Å². The quantitative estimate of drug-likeness (QED) is 0.288. The van der Waals surface area contributed by atoms with Crippen LogP contribution < -0.4 is 5.32 Å². The number of halogens is 2. The Kier molecular flexibility index (Phi) is 10.7. The van der Waals surface area contributed by atoms with Crippen molar-refractivity contribution in [3.8, 4) is 0 Å². The summed E-state index contributed by atoms with van der Waals surface area (Å²) in [6, 6.07) is 23.6. The number of hydrogen-bond acceptors (Lipinski definition) is 6. The summed E-state index contributed by atoms with van der Waals surface area (Å²) in [5.41, 5.74) is 1.43. The predicted octanol–water partition coefficient (Wildman–Crippen LogP) is 5.24. The highest BCUT2D eigenvalue weighted by atomic mass is 35.5. The van der Waals surface area contributed by atoms with Crippen LogP contribution in [0.3, 0.4) is 0 Å². The van der Waals surface area contributed by atoms with Gasteiger partial charge in [0, 0.05) is 24.1 Å². The van der Waals surface area contributed by atoms with Gasteiger partial charge in [-0.25, -0.2) is 4.79 Å². The van der Waals surface area contributed by atoms with Gasteiger partial charge in [0.25, 0.3) is 5.91 Å². The second kappa shape index (κ2) is 14.6. The number of nitrogens with zero attached hydrogens (tertiary/aromatic N) is 2. The SMILES string of the molecule is COC(=O)C(NC(=O)C1(c2ccccc2)CCN(CCC2(c3ccc(Cl)c(Cl)c3)CCN(C(=O)c3ccccc3)C2)CC1)C(C)O. The summed E-state index contributed by atoms with van der Waals surface area (Å²) in [7, 11) is 1.24. The van der Waals surface area contributed by atoms with E-state index in [-0.39, 0.29) is 17.2 Å². The van der Waals surface area contributed by atoms with E-state index in [4.69, 9.17) is 27.9 Å². The van der Waals surface area contributed by atoms with Crippen molar-refractivity contribution in [2.75, 3.05) is 39.8 Å². The molecule has 3 atom stereocenters. The number of rotatable bonds is 10. The molecule has 0 bridgehead atoms. The Labute approximate surface area is 280 Å². The number of benzene rings is 3. The highest BCUT2D eigenvalue weighted by molar-refractivity contribution is 6.42. The number of likely N-dealkylation sites (tertiary alicyclic amines) is 2. The van der Waals surface area contributed by atoms with Crippen LogP contribution in [0.2, 0.25) is 10.0 Å². The average Bonchev–Trinajstić information content (AvgIpc) is 3.53. The molecular weight excluding hydrogens is 625 g/mol. The van der Waals surface area contributed by atoms with Gasteiger partial charge in [0.1, 0.15) is 0 Å². The minimum Gasteiger partial charge on any atom is -0.467 e. The fraction of sp³-hybridized carbons (Fsp3) is 0.417. The van der Waals surface area contributed by atoms with E-state index in [1.807, 2.05) is 83.8 Å². The van der Waals surface area contributed by atoms with Crippen LogP contribution in [0.15, 0.2) is 78.9 Å². The van der Waals surface area contributed by atoms with Crippen molar-refractivity contribution in [2.24, 2.45) is 0 Å². The summed E-state index contributed by atoms with van der Waals surface area (Å²) < 4.78 is 4.84. The van der Waals surface area contributed by atoms with E-state index < -0.39 is 23.5 Å². The van der Waals surface area contributed by atoms with Gasteiger partial charge in [-0.05, 0) is 87.6 Å². The summed E-state index contributed by atoms with van der Waals surface area (Å²) in [5, 5.41) is 14.0. The molecule has 10 heteroatoms. The molecule has 2 heterocycles. The molecule has 2 N–H and O–H groups in total. The number of aliphatic hydroxyl groups excluding tert-OH is 1. The molecule has 0 aromatic heterocycles. The van der Waals surface area contributed by atoms with Gasteiger partial charge in [0.05, 0.1) is 28.7 Å². The van der Waals surface area contributed by atoms with Crippen molar-refractivity contribution in [3.05, 3.63) is 106 Å². The Hall–Kier alpha value is -3.43. The van der Waals surface area contributed by atoms with Crippen molar-refractivity contribution in [1.82, 2.24) is 15.1 Å². The number of esters is 1. The lowest BCUT2D eigenvalue weighted by Gasteiger charge is -2.42. The molecule has 0 spiro atoms. The molecule has 2 aliphatic heterocycles. The molecule has 46 heavy (non-hydrogen) atoms. The van der Waals surface area contributed by atoms with Gasteiger partial charge in [-0.2, -0.15) is 0 Å². The molecule has 3 aromatic rings. The summed E-state index contributed by atoms with van der Waals surface area (Å²) in [4.78, 5) is 44.0. The summed E-state index contributed by atoms with van der Waals surface area (Å²) >= 11 is 12.8. The highest BCUT2D eigenvalue weighted by Crippen LogP contribution is 2.42. The molecule has 244 valence electrons. The highest BCUT2D eigenvalue weighted by Gasteiger charge is 2.46. The number of methoxy groups -OCH3 is 1. The van der Waals surface area contributed by atoms with Gasteiger partial charge in [-0.3, -0.25) is 9.59 Å². The number of nitrogens with one attached hydrogen (secondary N) is 1. The van der Waals surface area contributed by atoms with E-state index in [0.717, 1.165) is 30.5 Å². The average molecular weight is 667 g/mol. The first-order chi connectivity index (χ1) is 22.1. The van der Waals surface area contributed by atoms with Crippen molar-refractivity contribution in [1.29, 1.82) is 0 Å². The van der Waals surface area contributed by atoms with E-state index >= 15 is 0 Å². The van der Waals surface area contributed by atoms with Crippen LogP contribution in [0, 0.1) is 0 Å². The Morgan fingerprint density at radius 2 is 1.54 bits per heavy atom. The number of carbonyl (C=O) groups is 3. The monoisotopic (exact) mass is 665 g/mol. The lowest BCUT2D eigenvalue weighted by Crippen LogP contribution is -2.57. The molecule has 0 aliphatic carbocycles. The molecule has 3 unspecified atom stereocenters. The zero-order valence-corrected chi connectivity index (χ0v) is 27.8. The Morgan fingerprint density at radius 1 is 0.891 bits per heavy atom. The fourth-order valence-electron chi connectivity index (χ4n) is 6.94. The standard InChI is InChI=1S/C36H41Cl2N3O5/c1-25(42)31(33(44)46-2)39-34(45)36(27-11-7-4-8-12-27)17-20-40(21-18-36)19-15-35(28-13-14-29(37)30(38)23-28)16-22-41(24-35)32(43)26-9-5-3-6-10-26/h3-14,23,25,31,42H,15-22,24H2,1-2H3,(H,39,45). The minimum atomic E-state index is -1.16. The summed E-state index contributed by atoms with van der Waals surface area (Å²) in [6.45, 7) is 4.74. The summed E-state index contributed by atoms with van der Waals surface area (Å²) in [6.07, 6.45) is 1.55. The third kappa shape index (κ3) is 7.10. The number of carbonyl (C=O) groups excluding carboxylic acids is 3. The second-order valence-electron chi connectivity index (χ2n) is 12.5. The van der Waals surface area contributed by atoms with Gasteiger partial charge in [0.15, 0.2) is 6.04 Å². The maximum atomic E-state index is 13.9. The van der Waals surface area contributed by atoms with Crippen LogP contribution >= 0.6 is 23.2 Å². The molecule has 2 aliphatic rings. The fourth-order valence-corrected chi connectivity index (χ4v) is 7.23. The molecule has 0 radical (unpaired) electrons. The maximum absolute atomic E-state index is 13.9. The van der Waals surface area contributed by atoms with Gasteiger partial charge >= 0.3 is 5.97 Å². The first-order valence-electron chi connectivity index (χ1n) is 15.7. The predicted molar refractivity (Wildman–Crippen MR) is 179 cm³/mol. The molecule has 2 amide bonds. The Morgan fingerprint density at radius 3 is 2.15 bits per heavy atom. The normalized spacial score (nSPS) is 20.9. The smallest absolute Gasteiger partial charge is 0.331 e. The van der Waals surface area contributed by atoms with Gasteiger partial charge in [-0.15, -0.1) is 0 Å². The number of aliphatic hydroxyl groups is 1. The largest absolute Gasteiger partial charge is 0.467 e. The first kappa shape index (κ1) is 33.9. The zero-order valence-electron chi connectivity index (χ0n) is 26.3. The zero-order chi connectivity index (χ0) is 32.9. The first-order valence-corrected chi connectivity index (χ1v) is 16.5. The van der Waals surface area contributed by atoms with Gasteiger partial charge < -0.3 is 25.0 Å². The van der Waals surface area contributed by atoms with E-state index in [9.17, 15) is 19.5 Å². The molecule has 3 aromatic carbocycles. The molecule has 2 saturated heterocycles. The van der Waals surface area contributed by atoms with Crippen molar-refractivity contribution < 1.29 is 24.2 Å². The van der Waals surface area contributed by atoms with Crippen LogP contribution in [0.25, 0.3) is 0 Å². The van der Waals surface area contributed by atoms with E-state index in [2.05, 4.69) is 10.2 Å². The van der Waals surface area contributed by atoms with Crippen LogP contribution in [0.1, 0.15) is 54.1 Å². The lowest BCUT2D eigenvalue weighted by atomic mass is 9.71. The van der Waals surface area contributed by atoms with Crippen LogP contribution in [-0.4, -0.2) is 84.7 Å². The lowest BCUT2D eigenvalue weighted by molar-refractivity contribution is -0.149. The third-order valence-electron chi connectivity index (χ3n) is 9.80. The van der Waals surface area contributed by atoms with Crippen molar-refractivity contribution in [3.63, 3.8) is 0 Å². The number of amides is 2. The van der Waals surface area contributed by atoms with Crippen molar-refractivity contribution in [2.45, 2.75) is 55.6 Å². The van der Waals surface area contributed by atoms with Crippen LogP contribution in [0.5, 0.6) is 0 Å². The molecule has 0 saturated carbocycles. The van der Waals surface area contributed by atoms with Gasteiger partial charge in [0.2, 0.25) is 5.91 Å².